The van der Waals surface area contributed by atoms with Gasteiger partial charge in [0.25, 0.3) is 0 Å². The van der Waals surface area contributed by atoms with Crippen LogP contribution in [0.5, 0.6) is 0 Å². The van der Waals surface area contributed by atoms with E-state index in [-0.39, 0.29) is 0 Å². The lowest BCUT2D eigenvalue weighted by atomic mass is 10.2. The highest BCUT2D eigenvalue weighted by Crippen LogP contribution is 2.10. The minimum atomic E-state index is -1.21. The maximum Gasteiger partial charge on any atom is 0.327 e. The van der Waals surface area contributed by atoms with E-state index in [2.05, 4.69) is 5.32 Å². The summed E-state index contributed by atoms with van der Waals surface area (Å²) >= 11 is 1.66. The van der Waals surface area contributed by atoms with Crippen molar-refractivity contribution in [2.75, 3.05) is 0 Å². The Labute approximate surface area is 80.8 Å². The molecule has 7 heteroatoms. The Kier molecular flexibility index (Phi) is 2.50. The second kappa shape index (κ2) is 3.25. The van der Waals surface area contributed by atoms with Crippen molar-refractivity contribution in [1.82, 2.24) is 10.6 Å². The number of nitrogens with one attached hydrogen (secondary N) is 2. The van der Waals surface area contributed by atoms with Crippen LogP contribution in [0.1, 0.15) is 0 Å². The monoisotopic (exact) mass is 284 g/mol. The van der Waals surface area contributed by atoms with Crippen molar-refractivity contribution in [3.8, 4) is 0 Å². The van der Waals surface area contributed by atoms with Gasteiger partial charge in [-0.15, -0.1) is 0 Å². The van der Waals surface area contributed by atoms with E-state index in [0.717, 1.165) is 0 Å². The number of imide groups is 1. The Morgan fingerprint density at radius 3 is 2.58 bits per heavy atom. The van der Waals surface area contributed by atoms with Gasteiger partial charge in [-0.1, -0.05) is 22.6 Å². The number of carboxylic acids is 1. The molecule has 1 rings (SSSR count). The van der Waals surface area contributed by atoms with Crippen LogP contribution in [0, 0.1) is 0 Å². The van der Waals surface area contributed by atoms with Crippen LogP contribution in [0.15, 0.2) is 0 Å². The average Bonchev–Trinajstić information content (AvgIpc) is 1.96. The molecule has 12 heavy (non-hydrogen) atoms. The molecule has 2 atom stereocenters. The SMILES string of the molecule is O=C1NC(=O)C(I)C(C(=O)O)N1. The number of urea groups is 1. The molecule has 6 nitrogen and oxygen atoms in total. The molecule has 0 aliphatic carbocycles. The van der Waals surface area contributed by atoms with Crippen LogP contribution in [0.4, 0.5) is 4.79 Å². The molecule has 0 aromatic heterocycles. The summed E-state index contributed by atoms with van der Waals surface area (Å²) in [4.78, 5) is 32.0. The van der Waals surface area contributed by atoms with E-state index in [1.807, 2.05) is 5.32 Å². The molecular formula is C5H5IN2O4. The highest BCUT2D eigenvalue weighted by atomic mass is 127. The lowest BCUT2D eigenvalue weighted by Crippen LogP contribution is -2.61. The molecule has 1 fully saturated rings. The fourth-order valence-corrected chi connectivity index (χ4v) is 1.41. The van der Waals surface area contributed by atoms with Gasteiger partial charge in [-0.05, 0) is 0 Å². The van der Waals surface area contributed by atoms with Crippen LogP contribution in [-0.4, -0.2) is 33.0 Å². The third-order valence-corrected chi connectivity index (χ3v) is 2.62. The predicted octanol–water partition coefficient (Wildman–Crippen LogP) is -0.917. The van der Waals surface area contributed by atoms with Crippen molar-refractivity contribution in [3.63, 3.8) is 0 Å². The van der Waals surface area contributed by atoms with E-state index in [0.29, 0.717) is 0 Å². The van der Waals surface area contributed by atoms with Crippen LogP contribution in [0.25, 0.3) is 0 Å². The van der Waals surface area contributed by atoms with E-state index in [9.17, 15) is 14.4 Å². The molecule has 3 amide bonds. The number of amides is 3. The van der Waals surface area contributed by atoms with E-state index >= 15 is 0 Å². The molecule has 1 saturated heterocycles. The summed E-state index contributed by atoms with van der Waals surface area (Å²) in [5, 5.41) is 12.6. The van der Waals surface area contributed by atoms with Gasteiger partial charge in [0.2, 0.25) is 5.91 Å². The number of hydrogen-bond acceptors (Lipinski definition) is 3. The first-order valence-electron chi connectivity index (χ1n) is 3.00. The standard InChI is InChI=1S/C5H5IN2O4/c6-1-2(4(10)11)7-5(12)8-3(1)9/h1-2H,(H,10,11)(H2,7,8,9,12). The van der Waals surface area contributed by atoms with E-state index in [4.69, 9.17) is 5.11 Å². The molecule has 1 aliphatic heterocycles. The van der Waals surface area contributed by atoms with Gasteiger partial charge in [0.15, 0.2) is 0 Å². The Bertz CT molecular complexity index is 254. The quantitative estimate of drug-likeness (QED) is 0.429. The topological polar surface area (TPSA) is 95.5 Å². The first-order chi connectivity index (χ1) is 5.52. The zero-order chi connectivity index (χ0) is 9.30. The van der Waals surface area contributed by atoms with Crippen molar-refractivity contribution in [1.29, 1.82) is 0 Å². The maximum atomic E-state index is 10.9. The molecule has 0 aromatic rings. The second-order valence-corrected chi connectivity index (χ2v) is 3.52. The van der Waals surface area contributed by atoms with Gasteiger partial charge in [-0.3, -0.25) is 10.1 Å². The van der Waals surface area contributed by atoms with Crippen molar-refractivity contribution in [3.05, 3.63) is 0 Å². The van der Waals surface area contributed by atoms with Crippen LogP contribution < -0.4 is 10.6 Å². The maximum absolute atomic E-state index is 10.9. The smallest absolute Gasteiger partial charge is 0.327 e. The van der Waals surface area contributed by atoms with E-state index in [1.165, 1.54) is 0 Å². The molecule has 0 spiro atoms. The summed E-state index contributed by atoms with van der Waals surface area (Å²) in [5.41, 5.74) is 0. The summed E-state index contributed by atoms with van der Waals surface area (Å²) in [6, 6.07) is -1.90. The normalized spacial score (nSPS) is 29.1. The Morgan fingerprint density at radius 2 is 2.08 bits per heavy atom. The molecule has 3 N–H and O–H groups in total. The molecule has 0 bridgehead atoms. The molecule has 1 heterocycles. The molecular weight excluding hydrogens is 279 g/mol. The molecule has 1 aliphatic rings. The van der Waals surface area contributed by atoms with Gasteiger partial charge in [-0.2, -0.15) is 0 Å². The molecule has 0 radical (unpaired) electrons. The minimum Gasteiger partial charge on any atom is -0.480 e. The first kappa shape index (κ1) is 9.23. The van der Waals surface area contributed by atoms with Crippen molar-refractivity contribution >= 4 is 40.5 Å². The van der Waals surface area contributed by atoms with Gasteiger partial charge in [0.05, 0.1) is 0 Å². The van der Waals surface area contributed by atoms with Crippen molar-refractivity contribution < 1.29 is 19.5 Å². The number of aliphatic carboxylic acids is 1. The predicted molar refractivity (Wildman–Crippen MR) is 45.9 cm³/mol. The summed E-state index contributed by atoms with van der Waals surface area (Å²) in [6.07, 6.45) is 0. The fourth-order valence-electron chi connectivity index (χ4n) is 0.770. The fraction of sp³-hybridized carbons (Fsp3) is 0.400. The highest BCUT2D eigenvalue weighted by molar-refractivity contribution is 14.1. The van der Waals surface area contributed by atoms with Crippen LogP contribution in [0.3, 0.4) is 0 Å². The zero-order valence-corrected chi connectivity index (χ0v) is 7.86. The van der Waals surface area contributed by atoms with Gasteiger partial charge in [0, 0.05) is 0 Å². The number of carboxylic acid groups (broad SMARTS) is 1. The van der Waals surface area contributed by atoms with Crippen LogP contribution in [0.2, 0.25) is 0 Å². The number of rotatable bonds is 1. The number of carbonyl (C=O) groups is 3. The Hall–Kier alpha value is -0.860. The summed E-state index contributed by atoms with van der Waals surface area (Å²) in [6.45, 7) is 0. The number of alkyl halides is 1. The Balaban J connectivity index is 2.79. The van der Waals surface area contributed by atoms with E-state index in [1.54, 1.807) is 22.6 Å². The van der Waals surface area contributed by atoms with Crippen LogP contribution >= 0.6 is 22.6 Å². The summed E-state index contributed by atoms with van der Waals surface area (Å²) in [5.74, 6) is -1.79. The highest BCUT2D eigenvalue weighted by Gasteiger charge is 2.37. The minimum absolute atomic E-state index is 0.577. The van der Waals surface area contributed by atoms with Gasteiger partial charge >= 0.3 is 12.0 Å². The Morgan fingerprint density at radius 1 is 1.50 bits per heavy atom. The lowest BCUT2D eigenvalue weighted by molar-refractivity contribution is -0.141. The summed E-state index contributed by atoms with van der Waals surface area (Å²) in [7, 11) is 0. The van der Waals surface area contributed by atoms with Crippen LogP contribution in [-0.2, 0) is 9.59 Å². The van der Waals surface area contributed by atoms with E-state index < -0.39 is 27.9 Å². The van der Waals surface area contributed by atoms with Crippen molar-refractivity contribution in [2.24, 2.45) is 0 Å². The largest absolute Gasteiger partial charge is 0.480 e. The number of halogens is 1. The average molecular weight is 284 g/mol. The third kappa shape index (κ3) is 1.65. The number of hydrogen-bond donors (Lipinski definition) is 3. The lowest BCUT2D eigenvalue weighted by Gasteiger charge is -2.24. The molecule has 2 unspecified atom stereocenters. The molecule has 66 valence electrons. The van der Waals surface area contributed by atoms with Gasteiger partial charge in [-0.25, -0.2) is 9.59 Å². The zero-order valence-electron chi connectivity index (χ0n) is 5.70. The van der Waals surface area contributed by atoms with Crippen molar-refractivity contribution in [2.45, 2.75) is 9.97 Å². The number of carbonyl (C=O) groups excluding carboxylic acids is 2. The summed E-state index contributed by atoms with van der Waals surface area (Å²) < 4.78 is -0.766. The third-order valence-electron chi connectivity index (χ3n) is 1.33. The van der Waals surface area contributed by atoms with Gasteiger partial charge < -0.3 is 10.4 Å². The molecule has 0 saturated carbocycles. The van der Waals surface area contributed by atoms with Gasteiger partial charge in [0.1, 0.15) is 9.97 Å². The first-order valence-corrected chi connectivity index (χ1v) is 4.25. The molecule has 0 aromatic carbocycles. The second-order valence-electron chi connectivity index (χ2n) is 2.18.